The molecule has 0 fully saturated rings. The van der Waals surface area contributed by atoms with Gasteiger partial charge in [0.2, 0.25) is 5.75 Å². The maximum atomic E-state index is 10.3. The second kappa shape index (κ2) is 16.7. The second-order valence-corrected chi connectivity index (χ2v) is 14.6. The number of rotatable bonds is 5. The number of likely N-dealkylation sites (N-methyl/N-ethyl adjacent to an activating group) is 2. The SMILES string of the molecule is COc1ccc2cc1Oc1ccc(cc1)CC1c3cc(c(OC)cc3CCN1C)Oc1c(OC)c(OC)cc3c1C(C2)N(C)CC3.O=C(O)c1cc(O)c(O)c(O)c1. The van der Waals surface area contributed by atoms with Crippen molar-refractivity contribution in [2.75, 3.05) is 55.6 Å². The van der Waals surface area contributed by atoms with Gasteiger partial charge in [-0.05, 0) is 122 Å². The first-order valence-corrected chi connectivity index (χ1v) is 18.9. The summed E-state index contributed by atoms with van der Waals surface area (Å²) in [7, 11) is 11.1. The highest BCUT2D eigenvalue weighted by molar-refractivity contribution is 5.89. The van der Waals surface area contributed by atoms with Crippen LogP contribution in [0.4, 0.5) is 0 Å². The molecule has 5 aromatic rings. The van der Waals surface area contributed by atoms with Crippen LogP contribution < -0.4 is 28.4 Å². The van der Waals surface area contributed by atoms with Gasteiger partial charge in [-0.3, -0.25) is 9.80 Å². The Labute approximate surface area is 337 Å². The van der Waals surface area contributed by atoms with Crippen molar-refractivity contribution in [1.29, 1.82) is 0 Å². The maximum Gasteiger partial charge on any atom is 0.335 e. The number of ether oxygens (including phenoxy) is 6. The molecule has 4 aliphatic heterocycles. The first-order valence-electron chi connectivity index (χ1n) is 18.9. The predicted molar refractivity (Wildman–Crippen MR) is 216 cm³/mol. The molecule has 0 radical (unpaired) electrons. The van der Waals surface area contributed by atoms with Crippen molar-refractivity contribution in [3.63, 3.8) is 0 Å². The fourth-order valence-corrected chi connectivity index (χ4v) is 8.00. The lowest BCUT2D eigenvalue weighted by Gasteiger charge is -2.37. The molecule has 6 bridgehead atoms. The third-order valence-corrected chi connectivity index (χ3v) is 11.2. The zero-order chi connectivity index (χ0) is 41.2. The van der Waals surface area contributed by atoms with Gasteiger partial charge in [-0.2, -0.15) is 0 Å². The highest BCUT2D eigenvalue weighted by Crippen LogP contribution is 2.52. The maximum absolute atomic E-state index is 10.3. The second-order valence-electron chi connectivity index (χ2n) is 14.6. The number of carboxylic acid groups (broad SMARTS) is 1. The number of fused-ring (bicyclic) bond motifs is 2. The van der Waals surface area contributed by atoms with E-state index in [0.717, 1.165) is 67.8 Å². The average molecular weight is 793 g/mol. The van der Waals surface area contributed by atoms with Crippen LogP contribution >= 0.6 is 0 Å². The van der Waals surface area contributed by atoms with Crippen LogP contribution in [0.5, 0.6) is 63.2 Å². The van der Waals surface area contributed by atoms with E-state index in [2.05, 4.69) is 66.4 Å². The molecule has 9 rings (SSSR count). The topological polar surface area (TPSA) is 160 Å². The van der Waals surface area contributed by atoms with E-state index in [1.807, 2.05) is 18.2 Å². The van der Waals surface area contributed by atoms with Gasteiger partial charge < -0.3 is 48.8 Å². The van der Waals surface area contributed by atoms with Crippen molar-refractivity contribution in [2.45, 2.75) is 37.8 Å². The summed E-state index contributed by atoms with van der Waals surface area (Å²) in [5.74, 6) is 2.08. The molecule has 2 unspecified atom stereocenters. The molecule has 0 spiro atoms. The normalized spacial score (nSPS) is 17.2. The van der Waals surface area contributed by atoms with E-state index >= 15 is 0 Å². The molecule has 0 amide bonds. The smallest absolute Gasteiger partial charge is 0.335 e. The van der Waals surface area contributed by atoms with Gasteiger partial charge in [0, 0.05) is 30.7 Å². The first kappa shape index (κ1) is 39.9. The molecule has 4 N–H and O–H groups in total. The quantitative estimate of drug-likeness (QED) is 0.129. The largest absolute Gasteiger partial charge is 0.504 e. The molecule has 2 atom stereocenters. The molecule has 58 heavy (non-hydrogen) atoms. The fraction of sp³-hybridized carbons (Fsp3) is 0.311. The summed E-state index contributed by atoms with van der Waals surface area (Å²) < 4.78 is 37.1. The Morgan fingerprint density at radius 3 is 1.88 bits per heavy atom. The van der Waals surface area contributed by atoms with E-state index in [1.165, 1.54) is 22.3 Å². The molecule has 0 saturated heterocycles. The van der Waals surface area contributed by atoms with Crippen molar-refractivity contribution in [3.05, 3.63) is 112 Å². The number of phenols is 3. The summed E-state index contributed by atoms with van der Waals surface area (Å²) in [6, 6.07) is 22.9. The lowest BCUT2D eigenvalue weighted by atomic mass is 9.87. The van der Waals surface area contributed by atoms with Gasteiger partial charge in [-0.1, -0.05) is 18.2 Å². The minimum atomic E-state index is -1.29. The molecule has 304 valence electrons. The zero-order valence-electron chi connectivity index (χ0n) is 33.4. The van der Waals surface area contributed by atoms with Crippen LogP contribution in [0.3, 0.4) is 0 Å². The van der Waals surface area contributed by atoms with E-state index in [1.54, 1.807) is 28.4 Å². The number of aromatic hydroxyl groups is 3. The molecule has 4 aliphatic rings. The predicted octanol–water partition coefficient (Wildman–Crippen LogP) is 7.66. The Bertz CT molecular complexity index is 2300. The number of aromatic carboxylic acids is 1. The van der Waals surface area contributed by atoms with E-state index in [4.69, 9.17) is 48.8 Å². The van der Waals surface area contributed by atoms with E-state index in [-0.39, 0.29) is 17.6 Å². The minimum absolute atomic E-state index is 0.000437. The van der Waals surface area contributed by atoms with Crippen LogP contribution in [0.15, 0.2) is 72.8 Å². The van der Waals surface area contributed by atoms with Gasteiger partial charge in [-0.15, -0.1) is 0 Å². The van der Waals surface area contributed by atoms with Crippen LogP contribution in [0.25, 0.3) is 0 Å². The summed E-state index contributed by atoms with van der Waals surface area (Å²) in [5.41, 5.74) is 6.86. The Morgan fingerprint density at radius 2 is 1.24 bits per heavy atom. The Kier molecular flexibility index (Phi) is 11.5. The van der Waals surface area contributed by atoms with Crippen LogP contribution in [-0.4, -0.2) is 91.8 Å². The van der Waals surface area contributed by atoms with Crippen molar-refractivity contribution in [2.24, 2.45) is 0 Å². The first-order chi connectivity index (χ1) is 27.9. The van der Waals surface area contributed by atoms with E-state index in [9.17, 15) is 4.79 Å². The summed E-state index contributed by atoms with van der Waals surface area (Å²) in [6.45, 7) is 1.86. The summed E-state index contributed by atoms with van der Waals surface area (Å²) in [5, 5.41) is 35.0. The highest BCUT2D eigenvalue weighted by atomic mass is 16.5. The van der Waals surface area contributed by atoms with Gasteiger partial charge in [0.05, 0.1) is 34.0 Å². The van der Waals surface area contributed by atoms with E-state index in [0.29, 0.717) is 40.2 Å². The Balaban J connectivity index is 0.000000368. The number of methoxy groups -OCH3 is 4. The standard InChI is InChI=1S/C38H42N2O6.C7H6O5/c1-39-15-13-25-20-32(42-4)34-22-28(25)29(39)17-23-7-10-27(11-8-23)45-33-19-24(9-12-31(33)41-3)18-30-36-26(14-16-40(30)2)21-35(43-5)37(44-6)38(36)46-34;8-4-1-3(7(11)12)2-5(9)6(4)10/h7-12,19-22,29-30H,13-18H2,1-6H3;1-2,8-10H,(H,11,12). The van der Waals surface area contributed by atoms with Gasteiger partial charge in [0.25, 0.3) is 0 Å². The van der Waals surface area contributed by atoms with Gasteiger partial charge in [-0.25, -0.2) is 4.79 Å². The van der Waals surface area contributed by atoms with Gasteiger partial charge in [0.15, 0.2) is 51.7 Å². The molecular formula is C45H48N2O11. The molecule has 13 nitrogen and oxygen atoms in total. The lowest BCUT2D eigenvalue weighted by Crippen LogP contribution is -2.34. The lowest BCUT2D eigenvalue weighted by molar-refractivity contribution is 0.0695. The minimum Gasteiger partial charge on any atom is -0.504 e. The molecule has 4 heterocycles. The molecule has 13 heteroatoms. The number of phenolic OH excluding ortho intramolecular Hbond substituents is 3. The highest BCUT2D eigenvalue weighted by Gasteiger charge is 2.35. The van der Waals surface area contributed by atoms with Crippen molar-refractivity contribution >= 4 is 5.97 Å². The molecule has 0 aromatic heterocycles. The monoisotopic (exact) mass is 792 g/mol. The molecule has 5 aromatic carbocycles. The number of carbonyl (C=O) groups is 1. The summed E-state index contributed by atoms with van der Waals surface area (Å²) in [6.07, 6.45) is 3.37. The number of carboxylic acids is 1. The number of hydrogen-bond acceptors (Lipinski definition) is 12. The van der Waals surface area contributed by atoms with Crippen LogP contribution in [-0.2, 0) is 25.7 Å². The third kappa shape index (κ3) is 7.83. The van der Waals surface area contributed by atoms with Crippen LogP contribution in [0, 0.1) is 0 Å². The van der Waals surface area contributed by atoms with E-state index < -0.39 is 23.2 Å². The number of nitrogens with zero attached hydrogens (tertiary/aromatic N) is 2. The fourth-order valence-electron chi connectivity index (χ4n) is 8.00. The Hall–Kier alpha value is -6.31. The molecule has 0 aliphatic carbocycles. The average Bonchev–Trinajstić information content (AvgIpc) is 3.22. The number of hydrogen-bond donors (Lipinski definition) is 4. The Morgan fingerprint density at radius 1 is 0.655 bits per heavy atom. The molecular weight excluding hydrogens is 744 g/mol. The van der Waals surface area contributed by atoms with Crippen LogP contribution in [0.1, 0.15) is 55.8 Å². The third-order valence-electron chi connectivity index (χ3n) is 11.2. The summed E-state index contributed by atoms with van der Waals surface area (Å²) in [4.78, 5) is 15.1. The number of benzene rings is 5. The van der Waals surface area contributed by atoms with Gasteiger partial charge in [0.1, 0.15) is 5.75 Å². The van der Waals surface area contributed by atoms with Crippen molar-refractivity contribution in [3.8, 4) is 63.2 Å². The van der Waals surface area contributed by atoms with Crippen LogP contribution in [0.2, 0.25) is 0 Å². The zero-order valence-corrected chi connectivity index (χ0v) is 33.4. The van der Waals surface area contributed by atoms with Gasteiger partial charge >= 0.3 is 5.97 Å². The van der Waals surface area contributed by atoms with Crippen molar-refractivity contribution in [1.82, 2.24) is 9.80 Å². The molecule has 0 saturated carbocycles. The summed E-state index contributed by atoms with van der Waals surface area (Å²) >= 11 is 0. The van der Waals surface area contributed by atoms with Crippen molar-refractivity contribution < 1.29 is 53.6 Å².